The number of benzene rings is 6. The van der Waals surface area contributed by atoms with Gasteiger partial charge in [-0.3, -0.25) is 29.1 Å². The molecule has 5 heterocycles. The van der Waals surface area contributed by atoms with Gasteiger partial charge in [0.15, 0.2) is 29.4 Å². The summed E-state index contributed by atoms with van der Waals surface area (Å²) in [5.74, 6) is -2.46. The summed E-state index contributed by atoms with van der Waals surface area (Å²) in [5, 5.41) is 15.7. The number of aliphatic carboxylic acids is 1. The number of carboxylic acid groups (broad SMARTS) is 1. The summed E-state index contributed by atoms with van der Waals surface area (Å²) in [6.07, 6.45) is 12.4. The Labute approximate surface area is 863 Å². The quantitative estimate of drug-likeness (QED) is 0.0329. The fourth-order valence-electron chi connectivity index (χ4n) is 10.2. The Hall–Kier alpha value is -2.29. The van der Waals surface area contributed by atoms with Crippen LogP contribution < -0.4 is 15.9 Å². The number of halogens is 3. The highest BCUT2D eigenvalue weighted by atomic mass is 79.9. The molecule has 0 radical (unpaired) electrons. The second-order valence-electron chi connectivity index (χ2n) is 27.1. The third kappa shape index (κ3) is 89.5. The minimum absolute atomic E-state index is 0.0134. The SMILES string of the molecule is CC.CC.CC.CC.CC.CC.CC.CC.CC.CC.CC.CC.CC1(C)OCC(C(=O)c2ccccc2CCNPP)O1.CC1(C)OCC(C2c3ccccc3CCN2P)O1.CC1(C)OCC(C=O)O1.CCC.CCC.CCC.CCC.CCC.CCC.Cc1ccccc1Br.NCCc1ccccc1Br.O=C(O)C1c2ccccc2CCN1P.PPNCCc1ccccc1Br. The molecule has 784 valence electrons. The fraction of sp³-hybridized carbons (Fsp3) is 0.642. The van der Waals surface area contributed by atoms with Crippen molar-refractivity contribution in [2.24, 2.45) is 5.73 Å². The van der Waals surface area contributed by atoms with Gasteiger partial charge in [0.2, 0.25) is 0 Å². The lowest BCUT2D eigenvalue weighted by Crippen LogP contribution is -2.37. The van der Waals surface area contributed by atoms with Gasteiger partial charge in [-0.25, -0.2) is 0 Å². The van der Waals surface area contributed by atoms with Crippen LogP contribution in [0.15, 0.2) is 159 Å². The van der Waals surface area contributed by atoms with Crippen LogP contribution in [0, 0.1) is 6.92 Å². The van der Waals surface area contributed by atoms with Crippen LogP contribution in [0.2, 0.25) is 0 Å². The Kier molecular flexibility index (Phi) is 148. The van der Waals surface area contributed by atoms with Crippen LogP contribution in [0.4, 0.5) is 0 Å². The van der Waals surface area contributed by atoms with E-state index in [9.17, 15) is 14.4 Å². The zero-order valence-electron chi connectivity index (χ0n) is 93.3. The van der Waals surface area contributed by atoms with E-state index < -0.39 is 35.5 Å². The Bertz CT molecular complexity index is 3280. The predicted octanol–water partition coefficient (Wildman–Crippen LogP) is 35.3. The van der Waals surface area contributed by atoms with Crippen molar-refractivity contribution in [3.05, 3.63) is 209 Å². The van der Waals surface area contributed by atoms with Gasteiger partial charge in [-0.15, -0.1) is 0 Å². The summed E-state index contributed by atoms with van der Waals surface area (Å²) in [6.45, 7) is 92.6. The van der Waals surface area contributed by atoms with E-state index in [1.165, 1.54) is 75.3 Å². The molecule has 0 bridgehead atoms. The highest BCUT2D eigenvalue weighted by molar-refractivity contribution is 9.11. The van der Waals surface area contributed by atoms with Crippen molar-refractivity contribution in [3.8, 4) is 0 Å². The molecule has 0 aliphatic carbocycles. The van der Waals surface area contributed by atoms with Crippen molar-refractivity contribution in [3.63, 3.8) is 0 Å². The largest absolute Gasteiger partial charge is 0.480 e. The van der Waals surface area contributed by atoms with Crippen LogP contribution in [0.25, 0.3) is 0 Å². The summed E-state index contributed by atoms with van der Waals surface area (Å²) in [5.41, 5.74) is 16.0. The number of rotatable bonds is 15. The molecular weight excluding hydrogens is 1960 g/mol. The Balaban J connectivity index is -0.0000000979. The molecule has 0 spiro atoms. The average Bonchev–Trinajstić information content (AvgIpc) is 1.70. The molecule has 0 amide bonds. The van der Waals surface area contributed by atoms with E-state index in [0.717, 1.165) is 99.7 Å². The lowest BCUT2D eigenvalue weighted by molar-refractivity contribution is -0.145. The number of Topliss-reactive ketones (excluding diaryl/α,β-unsaturated/α-hetero) is 1. The molecule has 24 heteroatoms. The van der Waals surface area contributed by atoms with Gasteiger partial charge in [0.05, 0.1) is 25.9 Å². The first kappa shape index (κ1) is 161. The maximum absolute atomic E-state index is 12.6. The van der Waals surface area contributed by atoms with E-state index in [1.807, 2.05) is 285 Å². The van der Waals surface area contributed by atoms with Gasteiger partial charge in [-0.1, -0.05) is 500 Å². The summed E-state index contributed by atoms with van der Waals surface area (Å²) in [7, 11) is 12.1. The number of aryl methyl sites for hydroxylation is 1. The number of carbonyl (C=O) groups is 3. The van der Waals surface area contributed by atoms with Crippen LogP contribution in [0.5, 0.6) is 0 Å². The maximum Gasteiger partial charge on any atom is 0.325 e. The van der Waals surface area contributed by atoms with Crippen molar-refractivity contribution in [1.82, 2.24) is 19.5 Å². The van der Waals surface area contributed by atoms with Gasteiger partial charge in [0.25, 0.3) is 0 Å². The van der Waals surface area contributed by atoms with Crippen molar-refractivity contribution in [1.29, 1.82) is 0 Å². The predicted molar refractivity (Wildman–Crippen MR) is 629 cm³/mol. The molecule has 3 saturated heterocycles. The zero-order valence-corrected chi connectivity index (χ0v) is 105. The number of hydrogen-bond donors (Lipinski definition) is 4. The zero-order chi connectivity index (χ0) is 107. The maximum atomic E-state index is 12.6. The molecular formula is C109H212Br3N5O10P6. The Morgan fingerprint density at radius 3 is 1.08 bits per heavy atom. The fourth-order valence-corrected chi connectivity index (χ4v) is 13.7. The number of nitrogens with zero attached hydrogens (tertiary/aromatic N) is 2. The number of nitrogens with one attached hydrogen (secondary N) is 2. The number of carboxylic acids is 1. The molecule has 3 fully saturated rings. The van der Waals surface area contributed by atoms with Gasteiger partial charge >= 0.3 is 5.97 Å². The summed E-state index contributed by atoms with van der Waals surface area (Å²) >= 11 is 10.4. The molecule has 5 N–H and O–H groups in total. The van der Waals surface area contributed by atoms with Crippen LogP contribution in [-0.2, 0) is 70.1 Å². The molecule has 11 atom stereocenters. The molecule has 6 aromatic rings. The third-order valence-corrected chi connectivity index (χ3v) is 20.4. The first-order chi connectivity index (χ1) is 63.9. The lowest BCUT2D eigenvalue weighted by Gasteiger charge is -2.37. The summed E-state index contributed by atoms with van der Waals surface area (Å²) in [6, 6.07) is 48.5. The van der Waals surface area contributed by atoms with Gasteiger partial charge in [0.1, 0.15) is 24.4 Å². The number of aldehydes is 1. The number of carbonyl (C=O) groups excluding carboxylic acids is 2. The monoisotopic (exact) mass is 2170 g/mol. The van der Waals surface area contributed by atoms with E-state index >= 15 is 0 Å². The van der Waals surface area contributed by atoms with Crippen molar-refractivity contribution in [2.45, 2.75) is 416 Å². The molecule has 0 saturated carbocycles. The third-order valence-electron chi connectivity index (χ3n) is 14.7. The molecule has 5 aliphatic heterocycles. The molecule has 133 heavy (non-hydrogen) atoms. The number of ether oxygens (including phenoxy) is 6. The second-order valence-corrected chi connectivity index (χ2v) is 34.0. The first-order valence-corrected chi connectivity index (χ1v) is 59.6. The topological polar surface area (TPSA) is 183 Å². The number of nitrogens with two attached hydrogens (primary N) is 1. The molecule has 15 nitrogen and oxygen atoms in total. The highest BCUT2D eigenvalue weighted by Gasteiger charge is 2.42. The minimum Gasteiger partial charge on any atom is -0.480 e. The first-order valence-electron chi connectivity index (χ1n) is 50.6. The summed E-state index contributed by atoms with van der Waals surface area (Å²) in [4.78, 5) is 33.7. The number of fused-ring (bicyclic) bond motifs is 2. The van der Waals surface area contributed by atoms with Crippen LogP contribution >= 0.6 is 101 Å². The van der Waals surface area contributed by atoms with Gasteiger partial charge < -0.3 is 44.1 Å². The van der Waals surface area contributed by atoms with Crippen molar-refractivity contribution in [2.75, 3.05) is 52.5 Å². The standard InChI is InChI=1S/C14H21NO3P2.C14H20NO2P.C10H12NO2P.C8H12BrNP2.C8H10BrN.C7H7Br.C6H10O3.6C3H8.12C2H6/c1-14(2)17-9-12(18-14)13(16)11-6-4-3-5-10(11)7-8-15-20-19;1-14(2)16-9-12(17-14)13-11-6-4-3-5-10(11)7-8-15(13)18;12-10(13)9-8-4-2-1-3-7(8)5-6-11(9)14;9-8-4-2-1-3-7(8)5-6-10-12-11;9-8-4-2-1-3-7(8)5-6-10;1-6-4-2-3-5-7(6)8;1-6(2)8-4-5(3-7)9-6;6*1-3-2;12*1-2/h3-6,12,15,20H,7-9,19H2,1-2H3;3-6,12-13H,7-9,18H2,1-2H3;1-4,9H,5-6,14H2,(H,12,13);1-4,10,12H,5-6,11H2;1-4H,5-6,10H2;2-5H,1H3;3,5H,4H2,1-2H3;6*3H2,1-2H3;12*1-2H3. The average molecular weight is 2180 g/mol. The van der Waals surface area contributed by atoms with Crippen molar-refractivity contribution < 1.29 is 47.9 Å². The van der Waals surface area contributed by atoms with Gasteiger partial charge in [0, 0.05) is 45.2 Å². The smallest absolute Gasteiger partial charge is 0.325 e. The number of ketones is 1. The molecule has 6 aromatic carbocycles. The van der Waals surface area contributed by atoms with E-state index in [4.69, 9.17) is 39.3 Å². The van der Waals surface area contributed by atoms with Gasteiger partial charge in [-0.2, -0.15) is 0 Å². The van der Waals surface area contributed by atoms with Crippen LogP contribution in [-0.4, -0.2) is 121 Å². The summed E-state index contributed by atoms with van der Waals surface area (Å²) < 4.78 is 40.7. The molecule has 5 aliphatic rings. The van der Waals surface area contributed by atoms with Gasteiger partial charge in [-0.05, 0) is 167 Å². The molecule has 0 aromatic heterocycles. The van der Waals surface area contributed by atoms with E-state index in [0.29, 0.717) is 34.8 Å². The van der Waals surface area contributed by atoms with Crippen LogP contribution in [0.1, 0.15) is 396 Å². The van der Waals surface area contributed by atoms with Crippen molar-refractivity contribution >= 4 is 119 Å². The Morgan fingerprint density at radius 2 is 0.752 bits per heavy atom. The van der Waals surface area contributed by atoms with E-state index in [1.54, 1.807) is 18.5 Å². The highest BCUT2D eigenvalue weighted by Crippen LogP contribution is 2.40. The number of hydrogen-bond acceptors (Lipinski definition) is 14. The van der Waals surface area contributed by atoms with E-state index in [-0.39, 0.29) is 24.0 Å². The minimum atomic E-state index is -0.785. The van der Waals surface area contributed by atoms with E-state index in [2.05, 4.69) is 244 Å². The Morgan fingerprint density at radius 1 is 0.436 bits per heavy atom. The molecule has 11 unspecified atom stereocenters. The lowest BCUT2D eigenvalue weighted by atomic mass is 9.91. The van der Waals surface area contributed by atoms with Crippen LogP contribution in [0.3, 0.4) is 0 Å². The molecule has 11 rings (SSSR count). The second kappa shape index (κ2) is 122. The normalized spacial score (nSPS) is 15.6.